The molecule has 2 aliphatic rings. The molecule has 0 aromatic heterocycles. The number of rotatable bonds is 5. The molecule has 2 fully saturated rings. The van der Waals surface area contributed by atoms with Crippen LogP contribution in [0.1, 0.15) is 51.9 Å². The Labute approximate surface area is 133 Å². The summed E-state index contributed by atoms with van der Waals surface area (Å²) in [5.41, 5.74) is 5.67. The van der Waals surface area contributed by atoms with Gasteiger partial charge >= 0.3 is 5.97 Å². The second kappa shape index (κ2) is 8.52. The van der Waals surface area contributed by atoms with Crippen molar-refractivity contribution in [2.75, 3.05) is 6.61 Å². The van der Waals surface area contributed by atoms with E-state index in [-0.39, 0.29) is 18.2 Å². The van der Waals surface area contributed by atoms with Crippen molar-refractivity contribution in [3.63, 3.8) is 0 Å². The number of hydrogen-bond donors (Lipinski definition) is 3. The summed E-state index contributed by atoms with van der Waals surface area (Å²) in [6.45, 7) is 2.30. The molecule has 0 aromatic rings. The van der Waals surface area contributed by atoms with E-state index in [9.17, 15) is 9.90 Å². The number of carboxylic acids is 1. The molecule has 5 heteroatoms. The van der Waals surface area contributed by atoms with Gasteiger partial charge in [-0.2, -0.15) is 0 Å². The molecular formula is C17H28N2O3. The van der Waals surface area contributed by atoms with E-state index in [1.807, 2.05) is 6.92 Å². The molecule has 0 aromatic carbocycles. The lowest BCUT2D eigenvalue weighted by atomic mass is 9.90. The maximum Gasteiger partial charge on any atom is 0.322 e. The number of nitrogens with one attached hydrogen (secondary N) is 1. The maximum absolute atomic E-state index is 11.5. The monoisotopic (exact) mass is 308 g/mol. The number of aliphatic carboxylic acids is 1. The molecule has 4 atom stereocenters. The molecule has 0 spiro atoms. The maximum atomic E-state index is 11.5. The first-order chi connectivity index (χ1) is 10.6. The standard InChI is InChI=1S/C17H28N2O3/c1-12(18)11-22-15-10-9-14(16(19-15)17(20)21)8-4-7-13-5-2-3-6-13/h12-16,19H,2-3,5-7,9-11,18H2,1H3,(H,20,21). The lowest BCUT2D eigenvalue weighted by Gasteiger charge is -2.33. The molecule has 124 valence electrons. The molecule has 1 aliphatic heterocycles. The van der Waals surface area contributed by atoms with Crippen molar-refractivity contribution in [3.05, 3.63) is 0 Å². The largest absolute Gasteiger partial charge is 0.480 e. The van der Waals surface area contributed by atoms with Gasteiger partial charge in [0.2, 0.25) is 0 Å². The van der Waals surface area contributed by atoms with Crippen molar-refractivity contribution in [3.8, 4) is 11.8 Å². The highest BCUT2D eigenvalue weighted by Crippen LogP contribution is 2.27. The van der Waals surface area contributed by atoms with E-state index in [1.165, 1.54) is 25.7 Å². The second-order valence-corrected chi connectivity index (χ2v) is 6.64. The Hall–Kier alpha value is -1.09. The zero-order valence-electron chi connectivity index (χ0n) is 13.4. The van der Waals surface area contributed by atoms with Gasteiger partial charge in [-0.3, -0.25) is 10.1 Å². The van der Waals surface area contributed by atoms with E-state index in [0.717, 1.165) is 25.2 Å². The Morgan fingerprint density at radius 3 is 2.73 bits per heavy atom. The van der Waals surface area contributed by atoms with Gasteiger partial charge in [-0.25, -0.2) is 0 Å². The summed E-state index contributed by atoms with van der Waals surface area (Å²) in [6.07, 6.45) is 7.37. The minimum atomic E-state index is -0.853. The third-order valence-corrected chi connectivity index (χ3v) is 4.49. The Morgan fingerprint density at radius 1 is 1.36 bits per heavy atom. The summed E-state index contributed by atoms with van der Waals surface area (Å²) in [5, 5.41) is 12.5. The SMILES string of the molecule is CC(N)COC1CCC(C#CCC2CCCC2)C(C(=O)O)N1. The fourth-order valence-corrected chi connectivity index (χ4v) is 3.24. The van der Waals surface area contributed by atoms with Gasteiger partial charge in [-0.1, -0.05) is 18.8 Å². The lowest BCUT2D eigenvalue weighted by molar-refractivity contribution is -0.143. The molecule has 5 nitrogen and oxygen atoms in total. The molecule has 4 unspecified atom stereocenters. The molecule has 1 saturated carbocycles. The van der Waals surface area contributed by atoms with E-state index >= 15 is 0 Å². The van der Waals surface area contributed by atoms with E-state index < -0.39 is 12.0 Å². The molecule has 22 heavy (non-hydrogen) atoms. The first kappa shape index (κ1) is 17.3. The molecule has 2 rings (SSSR count). The van der Waals surface area contributed by atoms with Crippen LogP contribution in [0.5, 0.6) is 0 Å². The van der Waals surface area contributed by atoms with Crippen LogP contribution in [0.2, 0.25) is 0 Å². The molecule has 4 N–H and O–H groups in total. The van der Waals surface area contributed by atoms with Gasteiger partial charge < -0.3 is 15.6 Å². The topological polar surface area (TPSA) is 84.6 Å². The fourth-order valence-electron chi connectivity index (χ4n) is 3.24. The summed E-state index contributed by atoms with van der Waals surface area (Å²) >= 11 is 0. The predicted octanol–water partition coefficient (Wildman–Crippen LogP) is 1.71. The Kier molecular flexibility index (Phi) is 6.69. The highest BCUT2D eigenvalue weighted by atomic mass is 16.5. The molecular weight excluding hydrogens is 280 g/mol. The van der Waals surface area contributed by atoms with Gasteiger partial charge in [0, 0.05) is 18.4 Å². The number of carbonyl (C=O) groups is 1. The summed E-state index contributed by atoms with van der Waals surface area (Å²) in [5.74, 6) is 6.16. The smallest absolute Gasteiger partial charge is 0.322 e. The summed E-state index contributed by atoms with van der Waals surface area (Å²) in [6, 6.07) is -0.697. The summed E-state index contributed by atoms with van der Waals surface area (Å²) in [4.78, 5) is 11.5. The number of carboxylic acid groups (broad SMARTS) is 1. The predicted molar refractivity (Wildman–Crippen MR) is 85.0 cm³/mol. The molecule has 1 aliphatic carbocycles. The van der Waals surface area contributed by atoms with Crippen molar-refractivity contribution >= 4 is 5.97 Å². The van der Waals surface area contributed by atoms with E-state index in [2.05, 4.69) is 17.2 Å². The van der Waals surface area contributed by atoms with Crippen LogP contribution >= 0.6 is 0 Å². The van der Waals surface area contributed by atoms with Crippen molar-refractivity contribution in [1.29, 1.82) is 0 Å². The third kappa shape index (κ3) is 5.28. The molecule has 0 bridgehead atoms. The first-order valence-corrected chi connectivity index (χ1v) is 8.40. The van der Waals surface area contributed by atoms with Crippen molar-refractivity contribution in [2.24, 2.45) is 17.6 Å². The number of nitrogens with two attached hydrogens (primary N) is 1. The first-order valence-electron chi connectivity index (χ1n) is 8.40. The molecule has 0 amide bonds. The van der Waals surface area contributed by atoms with Crippen molar-refractivity contribution in [2.45, 2.75) is 70.2 Å². The number of hydrogen-bond acceptors (Lipinski definition) is 4. The average molecular weight is 308 g/mol. The van der Waals surface area contributed by atoms with Crippen LogP contribution in [0.25, 0.3) is 0 Å². The van der Waals surface area contributed by atoms with Crippen LogP contribution in [-0.2, 0) is 9.53 Å². The lowest BCUT2D eigenvalue weighted by Crippen LogP contribution is -2.53. The second-order valence-electron chi connectivity index (χ2n) is 6.64. The van der Waals surface area contributed by atoms with Crippen LogP contribution in [0.15, 0.2) is 0 Å². The minimum absolute atomic E-state index is 0.0472. The molecule has 0 radical (unpaired) electrons. The van der Waals surface area contributed by atoms with Crippen molar-refractivity contribution < 1.29 is 14.6 Å². The van der Waals surface area contributed by atoms with Gasteiger partial charge in [0.1, 0.15) is 12.3 Å². The zero-order valence-corrected chi connectivity index (χ0v) is 13.4. The van der Waals surface area contributed by atoms with E-state index in [0.29, 0.717) is 6.61 Å². The van der Waals surface area contributed by atoms with Crippen LogP contribution in [0, 0.1) is 23.7 Å². The van der Waals surface area contributed by atoms with Gasteiger partial charge in [0.05, 0.1) is 6.61 Å². The van der Waals surface area contributed by atoms with Crippen molar-refractivity contribution in [1.82, 2.24) is 5.32 Å². The van der Waals surface area contributed by atoms with Gasteiger partial charge in [0.25, 0.3) is 0 Å². The quantitative estimate of drug-likeness (QED) is 0.673. The van der Waals surface area contributed by atoms with Crippen LogP contribution in [-0.4, -0.2) is 36.0 Å². The Morgan fingerprint density at radius 2 is 2.09 bits per heavy atom. The summed E-state index contributed by atoms with van der Waals surface area (Å²) < 4.78 is 5.61. The minimum Gasteiger partial charge on any atom is -0.480 e. The fraction of sp³-hybridized carbons (Fsp3) is 0.824. The molecule has 1 saturated heterocycles. The number of ether oxygens (including phenoxy) is 1. The third-order valence-electron chi connectivity index (χ3n) is 4.49. The number of piperidine rings is 1. The van der Waals surface area contributed by atoms with Crippen LogP contribution < -0.4 is 11.1 Å². The van der Waals surface area contributed by atoms with E-state index in [4.69, 9.17) is 10.5 Å². The van der Waals surface area contributed by atoms with Crippen LogP contribution in [0.4, 0.5) is 0 Å². The van der Waals surface area contributed by atoms with E-state index in [1.54, 1.807) is 0 Å². The Balaban J connectivity index is 1.85. The Bertz CT molecular complexity index is 421. The zero-order chi connectivity index (χ0) is 15.9. The highest BCUT2D eigenvalue weighted by Gasteiger charge is 2.34. The molecule has 1 heterocycles. The van der Waals surface area contributed by atoms with Gasteiger partial charge in [0.15, 0.2) is 0 Å². The average Bonchev–Trinajstić information content (AvgIpc) is 2.99. The van der Waals surface area contributed by atoms with Crippen LogP contribution in [0.3, 0.4) is 0 Å². The van der Waals surface area contributed by atoms with Gasteiger partial charge in [-0.15, -0.1) is 5.92 Å². The highest BCUT2D eigenvalue weighted by molar-refractivity contribution is 5.74. The normalized spacial score (nSPS) is 30.5. The summed E-state index contributed by atoms with van der Waals surface area (Å²) in [7, 11) is 0. The van der Waals surface area contributed by atoms with Gasteiger partial charge in [-0.05, 0) is 38.5 Å².